The number of alkyl halides is 6. The van der Waals surface area contributed by atoms with Gasteiger partial charge in [0.15, 0.2) is 0 Å². The molecule has 0 radical (unpaired) electrons. The summed E-state index contributed by atoms with van der Waals surface area (Å²) < 4.78 is 80.8. The van der Waals surface area contributed by atoms with Crippen molar-refractivity contribution in [1.82, 2.24) is 9.80 Å². The molecule has 3 atom stereocenters. The lowest BCUT2D eigenvalue weighted by molar-refractivity contribution is -0.193. The molecule has 0 saturated carbocycles. The van der Waals surface area contributed by atoms with Crippen LogP contribution in [-0.4, -0.2) is 110 Å². The predicted octanol–water partition coefficient (Wildman–Crippen LogP) is 3.66. The van der Waals surface area contributed by atoms with E-state index in [4.69, 9.17) is 34.0 Å². The van der Waals surface area contributed by atoms with Gasteiger partial charge in [-0.25, -0.2) is 9.59 Å². The first-order valence-electron chi connectivity index (χ1n) is 11.9. The van der Waals surface area contributed by atoms with Crippen molar-refractivity contribution in [3.8, 4) is 5.75 Å². The molecule has 2 fully saturated rings. The topological polar surface area (TPSA) is 109 Å². The molecule has 2 N–H and O–H groups in total. The quantitative estimate of drug-likeness (QED) is 0.354. The van der Waals surface area contributed by atoms with Gasteiger partial charge in [0.25, 0.3) is 0 Å². The summed E-state index contributed by atoms with van der Waals surface area (Å²) in [6, 6.07) is 8.97. The van der Waals surface area contributed by atoms with Crippen molar-refractivity contribution >= 4 is 11.9 Å². The van der Waals surface area contributed by atoms with E-state index in [0.29, 0.717) is 12.1 Å². The van der Waals surface area contributed by atoms with Gasteiger partial charge >= 0.3 is 24.3 Å². The van der Waals surface area contributed by atoms with Gasteiger partial charge in [-0.1, -0.05) is 12.1 Å². The molecule has 0 bridgehead atoms. The lowest BCUT2D eigenvalue weighted by Crippen LogP contribution is -2.43. The molecule has 2 saturated heterocycles. The number of halogens is 6. The molecule has 39 heavy (non-hydrogen) atoms. The van der Waals surface area contributed by atoms with Crippen LogP contribution in [0, 0.1) is 0 Å². The van der Waals surface area contributed by atoms with Crippen LogP contribution in [0.25, 0.3) is 0 Å². The Morgan fingerprint density at radius 3 is 2.00 bits per heavy atom. The molecular formula is C24H34F6N2O7. The molecule has 15 heteroatoms. The van der Waals surface area contributed by atoms with Crippen molar-refractivity contribution in [3.05, 3.63) is 29.8 Å². The third-order valence-corrected chi connectivity index (χ3v) is 5.77. The molecule has 2 aliphatic rings. The highest BCUT2D eigenvalue weighted by Gasteiger charge is 2.40. The van der Waals surface area contributed by atoms with Gasteiger partial charge in [-0.2, -0.15) is 26.3 Å². The zero-order valence-corrected chi connectivity index (χ0v) is 21.8. The number of carboxylic acid groups (broad SMARTS) is 2. The molecule has 2 aliphatic heterocycles. The molecule has 3 rings (SSSR count). The highest BCUT2D eigenvalue weighted by Crippen LogP contribution is 2.32. The van der Waals surface area contributed by atoms with Crippen LogP contribution in [0.2, 0.25) is 0 Å². The van der Waals surface area contributed by atoms with Crippen molar-refractivity contribution in [2.75, 3.05) is 47.5 Å². The first-order chi connectivity index (χ1) is 18.0. The first kappa shape index (κ1) is 34.4. The Balaban J connectivity index is 0.000000449. The van der Waals surface area contributed by atoms with Gasteiger partial charge in [0.1, 0.15) is 5.75 Å². The Hall–Kier alpha value is -2.62. The minimum absolute atomic E-state index is 0.268. The van der Waals surface area contributed by atoms with Gasteiger partial charge in [0.05, 0.1) is 32.5 Å². The summed E-state index contributed by atoms with van der Waals surface area (Å²) in [6.45, 7) is 4.60. The molecule has 224 valence electrons. The minimum Gasteiger partial charge on any atom is -0.497 e. The Morgan fingerprint density at radius 1 is 1.00 bits per heavy atom. The number of likely N-dealkylation sites (tertiary alicyclic amines) is 1. The monoisotopic (exact) mass is 576 g/mol. The van der Waals surface area contributed by atoms with Crippen molar-refractivity contribution in [2.24, 2.45) is 0 Å². The third kappa shape index (κ3) is 13.3. The number of methoxy groups -OCH3 is 1. The van der Waals surface area contributed by atoms with E-state index < -0.39 is 24.3 Å². The fraction of sp³-hybridized carbons (Fsp3) is 0.667. The Bertz CT molecular complexity index is 857. The minimum atomic E-state index is -5.08. The van der Waals surface area contributed by atoms with E-state index >= 15 is 0 Å². The van der Waals surface area contributed by atoms with E-state index in [1.165, 1.54) is 12.0 Å². The fourth-order valence-electron chi connectivity index (χ4n) is 3.83. The summed E-state index contributed by atoms with van der Waals surface area (Å²) in [5.74, 6) is -4.60. The van der Waals surface area contributed by atoms with Gasteiger partial charge in [-0.05, 0) is 51.1 Å². The van der Waals surface area contributed by atoms with E-state index in [1.807, 2.05) is 12.1 Å². The zero-order chi connectivity index (χ0) is 29.8. The normalized spacial score (nSPS) is 21.2. The molecule has 0 aliphatic carbocycles. The first-order valence-corrected chi connectivity index (χ1v) is 11.9. The summed E-state index contributed by atoms with van der Waals surface area (Å²) in [5, 5.41) is 14.2. The Kier molecular flexibility index (Phi) is 14.0. The largest absolute Gasteiger partial charge is 0.497 e. The molecule has 1 aromatic carbocycles. The molecular weight excluding hydrogens is 542 g/mol. The number of likely N-dealkylation sites (N-methyl/N-ethyl adjacent to an activating group) is 1. The standard InChI is InChI=1S/C20H32N2O3.2C2HF3O2/c1-21(2)12-13-24-15-18-8-9-19-20(25-18)10-11-22(19)14-16-4-6-17(23-3)7-5-16;2*3-2(4,5)1(6)7/h4-7,18-20H,8-15H2,1-3H3;2*(H,6,7)/t18-,19-,20-;;/m0../s1. The van der Waals surface area contributed by atoms with Crippen LogP contribution in [-0.2, 0) is 25.6 Å². The van der Waals surface area contributed by atoms with E-state index in [9.17, 15) is 26.3 Å². The lowest BCUT2D eigenvalue weighted by Gasteiger charge is -2.36. The molecule has 1 aromatic rings. The number of carboxylic acids is 2. The second-order valence-corrected chi connectivity index (χ2v) is 9.03. The number of fused-ring (bicyclic) bond motifs is 1. The third-order valence-electron chi connectivity index (χ3n) is 5.77. The number of ether oxygens (including phenoxy) is 3. The number of hydrogen-bond acceptors (Lipinski definition) is 7. The van der Waals surface area contributed by atoms with Crippen molar-refractivity contribution in [2.45, 2.75) is 56.4 Å². The summed E-state index contributed by atoms with van der Waals surface area (Å²) in [5.41, 5.74) is 1.34. The smallest absolute Gasteiger partial charge is 0.490 e. The number of nitrogens with zero attached hydrogens (tertiary/aromatic N) is 2. The van der Waals surface area contributed by atoms with Crippen LogP contribution in [0.5, 0.6) is 5.75 Å². The number of hydrogen-bond donors (Lipinski definition) is 2. The molecule has 9 nitrogen and oxygen atoms in total. The number of aliphatic carboxylic acids is 2. The summed E-state index contributed by atoms with van der Waals surface area (Å²) >= 11 is 0. The van der Waals surface area contributed by atoms with Crippen molar-refractivity contribution in [1.29, 1.82) is 0 Å². The summed E-state index contributed by atoms with van der Waals surface area (Å²) in [7, 11) is 5.85. The second kappa shape index (κ2) is 15.8. The van der Waals surface area contributed by atoms with Gasteiger partial charge in [0.2, 0.25) is 0 Å². The van der Waals surface area contributed by atoms with E-state index in [1.54, 1.807) is 7.11 Å². The SMILES string of the molecule is COc1ccc(CN2CC[C@@H]3O[C@H](COCCN(C)C)CC[C@@H]32)cc1.O=C(O)C(F)(F)F.O=C(O)C(F)(F)F. The van der Waals surface area contributed by atoms with E-state index in [2.05, 4.69) is 36.0 Å². The van der Waals surface area contributed by atoms with Crippen LogP contribution in [0.1, 0.15) is 24.8 Å². The molecule has 0 unspecified atom stereocenters. The van der Waals surface area contributed by atoms with Gasteiger partial charge < -0.3 is 29.3 Å². The van der Waals surface area contributed by atoms with Crippen LogP contribution in [0.3, 0.4) is 0 Å². The second-order valence-electron chi connectivity index (χ2n) is 9.03. The van der Waals surface area contributed by atoms with E-state index in [0.717, 1.165) is 51.4 Å². The van der Waals surface area contributed by atoms with Crippen LogP contribution in [0.15, 0.2) is 24.3 Å². The highest BCUT2D eigenvalue weighted by molar-refractivity contribution is 5.73. The molecule has 2 heterocycles. The maximum absolute atomic E-state index is 10.6. The zero-order valence-electron chi connectivity index (χ0n) is 21.8. The maximum Gasteiger partial charge on any atom is 0.490 e. The summed E-state index contributed by atoms with van der Waals surface area (Å²) in [4.78, 5) is 22.5. The Labute approximate surface area is 222 Å². The van der Waals surface area contributed by atoms with Gasteiger partial charge in [0, 0.05) is 25.7 Å². The predicted molar refractivity (Wildman–Crippen MR) is 126 cm³/mol. The van der Waals surface area contributed by atoms with Crippen molar-refractivity contribution in [3.63, 3.8) is 0 Å². The van der Waals surface area contributed by atoms with Crippen LogP contribution in [0.4, 0.5) is 26.3 Å². The lowest BCUT2D eigenvalue weighted by atomic mass is 9.99. The van der Waals surface area contributed by atoms with Gasteiger partial charge in [-0.3, -0.25) is 4.90 Å². The van der Waals surface area contributed by atoms with Crippen LogP contribution >= 0.6 is 0 Å². The number of carbonyl (C=O) groups is 2. The van der Waals surface area contributed by atoms with Crippen LogP contribution < -0.4 is 4.74 Å². The molecule has 0 aromatic heterocycles. The van der Waals surface area contributed by atoms with E-state index in [-0.39, 0.29) is 6.10 Å². The average molecular weight is 577 g/mol. The average Bonchev–Trinajstić information content (AvgIpc) is 3.23. The Morgan fingerprint density at radius 2 is 1.54 bits per heavy atom. The van der Waals surface area contributed by atoms with Crippen molar-refractivity contribution < 1.29 is 60.4 Å². The highest BCUT2D eigenvalue weighted by atomic mass is 19.4. The maximum atomic E-state index is 10.6. The van der Waals surface area contributed by atoms with Gasteiger partial charge in [-0.15, -0.1) is 0 Å². The number of benzene rings is 1. The fourth-order valence-corrected chi connectivity index (χ4v) is 3.83. The summed E-state index contributed by atoms with van der Waals surface area (Å²) in [6.07, 6.45) is -6.08. The molecule has 0 amide bonds. The number of rotatable bonds is 8. The molecule has 0 spiro atoms.